The van der Waals surface area contributed by atoms with Crippen LogP contribution in [0, 0.1) is 0 Å². The molecule has 0 bridgehead atoms. The molecule has 0 aromatic heterocycles. The van der Waals surface area contributed by atoms with Gasteiger partial charge in [0.1, 0.15) is 61.0 Å². The molecule has 22 atom stereocenters. The summed E-state index contributed by atoms with van der Waals surface area (Å²) in [6.07, 6.45) is -14.3. The smallest absolute Gasteiger partial charge is 0.394 e. The number of ether oxygens (including phenoxy) is 9. The van der Waals surface area contributed by atoms with Crippen molar-refractivity contribution in [3.05, 3.63) is 0 Å². The quantitative estimate of drug-likeness (QED) is 0.0163. The average molecular weight is 1420 g/mol. The molecule has 6 saturated heterocycles. The number of nitrogens with zero attached hydrogens (tertiary/aromatic N) is 3. The van der Waals surface area contributed by atoms with Crippen molar-refractivity contribution in [1.29, 1.82) is 0 Å². The van der Waals surface area contributed by atoms with E-state index >= 15 is 0 Å². The summed E-state index contributed by atoms with van der Waals surface area (Å²) in [6.45, 7) is 12.2. The van der Waals surface area contributed by atoms with Crippen molar-refractivity contribution in [2.75, 3.05) is 79.2 Å². The first-order chi connectivity index (χ1) is 45.7. The van der Waals surface area contributed by atoms with Crippen LogP contribution in [0.25, 0.3) is 0 Å². The molecule has 6 fully saturated rings. The number of aliphatic hydroxyl groups excluding tert-OH is 9. The molecule has 0 aromatic rings. The van der Waals surface area contributed by atoms with E-state index in [0.29, 0.717) is 44.9 Å². The van der Waals surface area contributed by atoms with E-state index in [9.17, 15) is 84.7 Å². The van der Waals surface area contributed by atoms with Crippen LogP contribution < -0.4 is 16.0 Å². The molecule has 34 nitrogen and oxygen atoms in total. The third kappa shape index (κ3) is 24.5. The molecule has 0 spiro atoms. The normalized spacial score (nSPS) is 34.2. The van der Waals surface area contributed by atoms with E-state index < -0.39 is 173 Å². The number of aliphatic hydroxyl groups is 10. The standard InChI is InChI=1S/C62H111N6O28P/c1-10-37-23-41(27-66(37)46(75)17-11-14-20-86-58-49(63-34(2)72)55(81)52(78)43(29-69)91-58)95-62(8,84)89-32-38-25-42(28-68(38)48(77)19-13-16-22-88-60-51(65-36(4)74)57(83)54(80)45(31-71)93-60)96-97(9,85)90-33-39-24-40(94-61(5,6)7)26-67(39)47(76)18-12-15-21-87-59-50(64-35(3)73)56(82)53(79)44(30-70)92-59/h37-45,49-60,69-71,78-85,97H,10-33H2,1-9H3,(H,63,72)(H,64,73)(H,65,74)/t37-,38+,39+,40-,41-,42-,43?,44?,45?,49?,50?,51?,52?,53?,54?,55?,56?,57?,58?,59?,60?,62?/m1/s1. The molecule has 35 heteroatoms. The minimum absolute atomic E-state index is 0.0180. The molecule has 14 N–H and O–H groups in total. The van der Waals surface area contributed by atoms with E-state index in [-0.39, 0.29) is 121 Å². The number of nitrogens with one attached hydrogen (secondary N) is 3. The molecule has 6 amide bonds. The fourth-order valence-electron chi connectivity index (χ4n) is 13.2. The molecule has 6 aliphatic heterocycles. The van der Waals surface area contributed by atoms with Gasteiger partial charge in [-0.2, -0.15) is 0 Å². The van der Waals surface area contributed by atoms with Crippen molar-refractivity contribution in [3.8, 4) is 0 Å². The van der Waals surface area contributed by atoms with E-state index in [0.717, 1.165) is 0 Å². The van der Waals surface area contributed by atoms with E-state index in [1.54, 1.807) is 9.80 Å². The number of likely N-dealkylation sites (tertiary alicyclic amines) is 3. The Kier molecular flexibility index (Phi) is 32.3. The second kappa shape index (κ2) is 38.0. The van der Waals surface area contributed by atoms with E-state index in [1.165, 1.54) is 39.3 Å². The van der Waals surface area contributed by atoms with Crippen LogP contribution in [-0.2, 0) is 80.4 Å². The van der Waals surface area contributed by atoms with Gasteiger partial charge in [-0.05, 0) is 12.8 Å². The summed E-state index contributed by atoms with van der Waals surface area (Å²) < 4.78 is 65.5. The second-order valence-electron chi connectivity index (χ2n) is 27.2. The van der Waals surface area contributed by atoms with Gasteiger partial charge in [-0.25, -0.2) is 0 Å². The Balaban J connectivity index is 1.05. The first kappa shape index (κ1) is 82.3. The fourth-order valence-corrected chi connectivity index (χ4v) is 14.5. The second-order valence-corrected chi connectivity index (χ2v) is 29.6. The zero-order chi connectivity index (χ0) is 71.7. The van der Waals surface area contributed by atoms with Crippen molar-refractivity contribution in [3.63, 3.8) is 0 Å². The Bertz CT molecular complexity index is 2490. The zero-order valence-electron chi connectivity index (χ0n) is 57.3. The molecular weight excluding hydrogens is 1310 g/mol. The van der Waals surface area contributed by atoms with Crippen LogP contribution in [0.3, 0.4) is 0 Å². The van der Waals surface area contributed by atoms with Crippen molar-refractivity contribution >= 4 is 43.4 Å². The minimum atomic E-state index is -4.10. The Hall–Kier alpha value is -3.63. The monoisotopic (exact) mass is 1420 g/mol. The van der Waals surface area contributed by atoms with Gasteiger partial charge >= 0.3 is 319 Å². The Morgan fingerprint density at radius 3 is 1.21 bits per heavy atom. The van der Waals surface area contributed by atoms with Gasteiger partial charge in [-0.3, -0.25) is 19.2 Å². The van der Waals surface area contributed by atoms with Crippen molar-refractivity contribution in [2.24, 2.45) is 0 Å². The van der Waals surface area contributed by atoms with Gasteiger partial charge in [-0.15, -0.1) is 0 Å². The number of hydrogen-bond donors (Lipinski definition) is 14. The summed E-state index contributed by atoms with van der Waals surface area (Å²) in [5.41, 5.74) is -0.563. The first-order valence-electron chi connectivity index (χ1n) is 33.9. The minimum Gasteiger partial charge on any atom is -0.394 e. The molecule has 6 aliphatic rings. The number of unbranched alkanes of at least 4 members (excludes halogenated alkanes) is 3. The molecule has 6 rings (SSSR count). The average Bonchev–Trinajstić information content (AvgIpc) is 1.79. The maximum absolute atomic E-state index is 14.3. The van der Waals surface area contributed by atoms with Crippen LogP contribution in [-0.4, -0.2) is 325 Å². The Morgan fingerprint density at radius 1 is 0.505 bits per heavy atom. The van der Waals surface area contributed by atoms with Crippen LogP contribution >= 0.6 is 7.94 Å². The molecule has 562 valence electrons. The van der Waals surface area contributed by atoms with Gasteiger partial charge in [0, 0.05) is 33.8 Å². The van der Waals surface area contributed by atoms with Crippen LogP contribution in [0.1, 0.15) is 139 Å². The zero-order valence-corrected chi connectivity index (χ0v) is 58.3. The van der Waals surface area contributed by atoms with Crippen LogP contribution in [0.2, 0.25) is 0 Å². The summed E-state index contributed by atoms with van der Waals surface area (Å²) in [6, 6.07) is -4.93. The van der Waals surface area contributed by atoms with Crippen LogP contribution in [0.15, 0.2) is 0 Å². The van der Waals surface area contributed by atoms with E-state index in [4.69, 9.17) is 51.7 Å². The topological polar surface area (TPSA) is 472 Å². The molecule has 0 aliphatic carbocycles. The van der Waals surface area contributed by atoms with Crippen molar-refractivity contribution < 1.29 is 136 Å². The summed E-state index contributed by atoms with van der Waals surface area (Å²) in [7, 11) is -4.10. The molecule has 0 saturated carbocycles. The third-order valence-corrected chi connectivity index (χ3v) is 19.4. The SMILES string of the molecule is CC[C@@H]1C[C@@H](OC(C)(O)OC[C@@H]2C[C@@H](O[PH](C)(O)OC[C@@H]3C[C@@H](OC(C)(C)C)CN3C(=O)CCCCOC3OC(CO)C(O)C(O)C3NC(C)=O)CN2C(=O)CCCCOC2OC(CO)C(O)C(O)C2NC(C)=O)CN1C(=O)CCCCOC1OC(CO)C(O)C(O)C1NC(C)=O. The molecule has 97 heavy (non-hydrogen) atoms. The molecular formula is C62H111N6O28P. The van der Waals surface area contributed by atoms with Gasteiger partial charge in [0.15, 0.2) is 6.29 Å². The van der Waals surface area contributed by atoms with E-state index in [2.05, 4.69) is 16.0 Å². The van der Waals surface area contributed by atoms with Gasteiger partial charge in [0.25, 0.3) is 0 Å². The predicted molar refractivity (Wildman–Crippen MR) is 340 cm³/mol. The summed E-state index contributed by atoms with van der Waals surface area (Å²) in [5, 5.41) is 111. The maximum atomic E-state index is 14.3. The van der Waals surface area contributed by atoms with Crippen molar-refractivity contribution in [1.82, 2.24) is 30.7 Å². The van der Waals surface area contributed by atoms with E-state index in [1.807, 2.05) is 27.7 Å². The molecule has 6 heterocycles. The molecule has 0 radical (unpaired) electrons. The van der Waals surface area contributed by atoms with Gasteiger partial charge in [0.05, 0.1) is 19.8 Å². The van der Waals surface area contributed by atoms with Crippen LogP contribution in [0.5, 0.6) is 0 Å². The summed E-state index contributed by atoms with van der Waals surface area (Å²) in [4.78, 5) is 94.4. The Morgan fingerprint density at radius 2 is 0.845 bits per heavy atom. The molecule has 16 unspecified atom stereocenters. The van der Waals surface area contributed by atoms with Gasteiger partial charge in [0.2, 0.25) is 17.7 Å². The van der Waals surface area contributed by atoms with Crippen LogP contribution in [0.4, 0.5) is 0 Å². The van der Waals surface area contributed by atoms with Gasteiger partial charge in [-0.1, -0.05) is 6.92 Å². The number of carbonyl (C=O) groups excluding carboxylic acids is 6. The first-order valence-corrected chi connectivity index (χ1v) is 36.1. The summed E-state index contributed by atoms with van der Waals surface area (Å²) >= 11 is 0. The van der Waals surface area contributed by atoms with Crippen molar-refractivity contribution in [2.45, 2.75) is 279 Å². The number of rotatable bonds is 36. The number of carbonyl (C=O) groups is 6. The fraction of sp³-hybridized carbons (Fsp3) is 0.903. The number of hydrogen-bond acceptors (Lipinski definition) is 28. The van der Waals surface area contributed by atoms with Gasteiger partial charge < -0.3 is 71.4 Å². The molecule has 0 aromatic carbocycles. The third-order valence-electron chi connectivity index (χ3n) is 17.9. The number of amides is 6. The summed E-state index contributed by atoms with van der Waals surface area (Å²) in [5.74, 6) is -4.49. The predicted octanol–water partition coefficient (Wildman–Crippen LogP) is -3.64. The Labute approximate surface area is 566 Å².